The SMILES string of the molecule is NC(=O)Nc1sc(NC(=O)c2cccs2)cc1C(N)=O. The minimum Gasteiger partial charge on any atom is -0.366 e. The summed E-state index contributed by atoms with van der Waals surface area (Å²) in [5.74, 6) is -1.02. The van der Waals surface area contributed by atoms with E-state index in [0.29, 0.717) is 9.88 Å². The molecule has 0 saturated heterocycles. The molecular formula is C11H10N4O3S2. The van der Waals surface area contributed by atoms with Crippen molar-refractivity contribution in [3.8, 4) is 0 Å². The Balaban J connectivity index is 2.22. The van der Waals surface area contributed by atoms with Gasteiger partial charge >= 0.3 is 6.03 Å². The number of amides is 4. The van der Waals surface area contributed by atoms with Crippen molar-refractivity contribution in [1.29, 1.82) is 0 Å². The number of urea groups is 1. The molecule has 0 saturated carbocycles. The monoisotopic (exact) mass is 310 g/mol. The molecule has 9 heteroatoms. The van der Waals surface area contributed by atoms with Gasteiger partial charge in [-0.25, -0.2) is 4.79 Å². The molecule has 2 aromatic heterocycles. The molecule has 0 aliphatic heterocycles. The van der Waals surface area contributed by atoms with Crippen molar-refractivity contribution in [1.82, 2.24) is 0 Å². The van der Waals surface area contributed by atoms with Crippen LogP contribution in [-0.4, -0.2) is 17.8 Å². The van der Waals surface area contributed by atoms with E-state index in [4.69, 9.17) is 11.5 Å². The fourth-order valence-corrected chi connectivity index (χ4v) is 3.00. The zero-order valence-electron chi connectivity index (χ0n) is 10.0. The molecule has 2 rings (SSSR count). The lowest BCUT2D eigenvalue weighted by Gasteiger charge is -1.99. The van der Waals surface area contributed by atoms with Gasteiger partial charge in [-0.05, 0) is 17.5 Å². The van der Waals surface area contributed by atoms with Gasteiger partial charge < -0.3 is 16.8 Å². The summed E-state index contributed by atoms with van der Waals surface area (Å²) in [6.07, 6.45) is 0. The molecular weight excluding hydrogens is 300 g/mol. The molecule has 2 heterocycles. The third-order valence-electron chi connectivity index (χ3n) is 2.22. The van der Waals surface area contributed by atoms with Gasteiger partial charge in [0.05, 0.1) is 15.4 Å². The first-order chi connectivity index (χ1) is 9.47. The number of thiophene rings is 2. The number of carbonyl (C=O) groups is 3. The van der Waals surface area contributed by atoms with Crippen LogP contribution in [0.1, 0.15) is 20.0 Å². The third kappa shape index (κ3) is 3.13. The quantitative estimate of drug-likeness (QED) is 0.685. The number of nitrogens with two attached hydrogens (primary N) is 2. The van der Waals surface area contributed by atoms with E-state index < -0.39 is 11.9 Å². The lowest BCUT2D eigenvalue weighted by atomic mass is 10.3. The first-order valence-corrected chi connectivity index (χ1v) is 7.02. The van der Waals surface area contributed by atoms with E-state index in [9.17, 15) is 14.4 Å². The Labute approximate surface area is 121 Å². The minimum absolute atomic E-state index is 0.0929. The summed E-state index contributed by atoms with van der Waals surface area (Å²) in [5.41, 5.74) is 10.3. The van der Waals surface area contributed by atoms with Crippen molar-refractivity contribution in [3.63, 3.8) is 0 Å². The molecule has 0 unspecified atom stereocenters. The number of carbonyl (C=O) groups excluding carboxylic acids is 3. The van der Waals surface area contributed by atoms with Gasteiger partial charge in [0.2, 0.25) is 0 Å². The van der Waals surface area contributed by atoms with Crippen LogP contribution in [0.25, 0.3) is 0 Å². The molecule has 0 radical (unpaired) electrons. The van der Waals surface area contributed by atoms with E-state index in [1.54, 1.807) is 17.5 Å². The highest BCUT2D eigenvalue weighted by Crippen LogP contribution is 2.32. The van der Waals surface area contributed by atoms with Crippen molar-refractivity contribution in [2.75, 3.05) is 10.6 Å². The number of hydrogen-bond donors (Lipinski definition) is 4. The number of hydrogen-bond acceptors (Lipinski definition) is 5. The highest BCUT2D eigenvalue weighted by molar-refractivity contribution is 7.20. The van der Waals surface area contributed by atoms with Gasteiger partial charge in [0.15, 0.2) is 0 Å². The van der Waals surface area contributed by atoms with Gasteiger partial charge in [-0.2, -0.15) is 0 Å². The van der Waals surface area contributed by atoms with Crippen molar-refractivity contribution >= 4 is 50.5 Å². The van der Waals surface area contributed by atoms with Crippen molar-refractivity contribution < 1.29 is 14.4 Å². The molecule has 6 N–H and O–H groups in total. The summed E-state index contributed by atoms with van der Waals surface area (Å²) in [6.45, 7) is 0. The number of primary amides is 2. The van der Waals surface area contributed by atoms with Gasteiger partial charge in [-0.3, -0.25) is 14.9 Å². The summed E-state index contributed by atoms with van der Waals surface area (Å²) in [7, 11) is 0. The van der Waals surface area contributed by atoms with Gasteiger partial charge in [-0.15, -0.1) is 11.3 Å². The predicted octanol–water partition coefficient (Wildman–Crippen LogP) is 1.65. The Morgan fingerprint density at radius 2 is 1.90 bits per heavy atom. The van der Waals surface area contributed by atoms with Gasteiger partial charge in [0, 0.05) is 0 Å². The third-order valence-corrected chi connectivity index (χ3v) is 4.05. The minimum atomic E-state index is -0.814. The Kier molecular flexibility index (Phi) is 4.01. The van der Waals surface area contributed by atoms with E-state index in [0.717, 1.165) is 11.3 Å². The molecule has 0 aliphatic rings. The van der Waals surface area contributed by atoms with Gasteiger partial charge in [0.1, 0.15) is 5.00 Å². The summed E-state index contributed by atoms with van der Waals surface area (Å²) in [4.78, 5) is 34.5. The zero-order chi connectivity index (χ0) is 14.7. The highest BCUT2D eigenvalue weighted by Gasteiger charge is 2.17. The topological polar surface area (TPSA) is 127 Å². The maximum absolute atomic E-state index is 11.9. The Bertz CT molecular complexity index is 663. The van der Waals surface area contributed by atoms with Gasteiger partial charge in [0.25, 0.3) is 11.8 Å². The van der Waals surface area contributed by atoms with Crippen LogP contribution in [0.2, 0.25) is 0 Å². The largest absolute Gasteiger partial charge is 0.366 e. The fourth-order valence-electron chi connectivity index (χ4n) is 1.42. The van der Waals surface area contributed by atoms with E-state index in [1.807, 2.05) is 0 Å². The first kappa shape index (κ1) is 14.0. The second-order valence-electron chi connectivity index (χ2n) is 3.64. The molecule has 104 valence electrons. The van der Waals surface area contributed by atoms with E-state index in [1.165, 1.54) is 17.4 Å². The van der Waals surface area contributed by atoms with Crippen molar-refractivity contribution in [2.24, 2.45) is 11.5 Å². The van der Waals surface area contributed by atoms with Crippen LogP contribution >= 0.6 is 22.7 Å². The van der Waals surface area contributed by atoms with Crippen LogP contribution in [0, 0.1) is 0 Å². The summed E-state index contributed by atoms with van der Waals surface area (Å²) >= 11 is 2.29. The van der Waals surface area contributed by atoms with E-state index in [2.05, 4.69) is 10.6 Å². The lowest BCUT2D eigenvalue weighted by molar-refractivity contribution is 0.0998. The maximum atomic E-state index is 11.9. The average molecular weight is 310 g/mol. The molecule has 2 aromatic rings. The van der Waals surface area contributed by atoms with Crippen molar-refractivity contribution in [3.05, 3.63) is 34.0 Å². The number of rotatable bonds is 4. The lowest BCUT2D eigenvalue weighted by Crippen LogP contribution is -2.21. The zero-order valence-corrected chi connectivity index (χ0v) is 11.6. The average Bonchev–Trinajstić information content (AvgIpc) is 2.97. The molecule has 7 nitrogen and oxygen atoms in total. The summed E-state index contributed by atoms with van der Waals surface area (Å²) < 4.78 is 0. The molecule has 0 bridgehead atoms. The van der Waals surface area contributed by atoms with Crippen LogP contribution in [0.5, 0.6) is 0 Å². The summed E-state index contributed by atoms with van der Waals surface area (Å²) in [6, 6.07) is 4.00. The predicted molar refractivity (Wildman–Crippen MR) is 78.3 cm³/mol. The molecule has 0 aliphatic carbocycles. The van der Waals surface area contributed by atoms with E-state index in [-0.39, 0.29) is 16.5 Å². The fraction of sp³-hybridized carbons (Fsp3) is 0. The maximum Gasteiger partial charge on any atom is 0.317 e. The molecule has 4 amide bonds. The molecule has 0 aromatic carbocycles. The Morgan fingerprint density at radius 3 is 2.45 bits per heavy atom. The molecule has 20 heavy (non-hydrogen) atoms. The number of anilines is 2. The van der Waals surface area contributed by atoms with E-state index >= 15 is 0 Å². The Hall–Kier alpha value is -2.39. The molecule has 0 fully saturated rings. The number of nitrogens with one attached hydrogen (secondary N) is 2. The van der Waals surface area contributed by atoms with Gasteiger partial charge in [-0.1, -0.05) is 17.4 Å². The first-order valence-electron chi connectivity index (χ1n) is 5.32. The standard InChI is InChI=1S/C11H10N4O3S2/c12-8(16)5-4-7(20-10(5)15-11(13)18)14-9(17)6-2-1-3-19-6/h1-4H,(H2,12,16)(H,14,17)(H3,13,15,18). The highest BCUT2D eigenvalue weighted by atomic mass is 32.1. The van der Waals surface area contributed by atoms with Crippen LogP contribution < -0.4 is 22.1 Å². The van der Waals surface area contributed by atoms with Crippen LogP contribution in [0.4, 0.5) is 14.8 Å². The molecule has 0 atom stereocenters. The van der Waals surface area contributed by atoms with Crippen LogP contribution in [-0.2, 0) is 0 Å². The summed E-state index contributed by atoms with van der Waals surface area (Å²) in [5, 5.41) is 7.28. The van der Waals surface area contributed by atoms with Crippen LogP contribution in [0.3, 0.4) is 0 Å². The smallest absolute Gasteiger partial charge is 0.317 e. The Morgan fingerprint density at radius 1 is 1.15 bits per heavy atom. The normalized spacial score (nSPS) is 10.0. The second kappa shape index (κ2) is 5.72. The second-order valence-corrected chi connectivity index (χ2v) is 5.64. The molecule has 0 spiro atoms. The van der Waals surface area contributed by atoms with Crippen LogP contribution in [0.15, 0.2) is 23.6 Å². The van der Waals surface area contributed by atoms with Crippen molar-refractivity contribution in [2.45, 2.75) is 0 Å².